The van der Waals surface area contributed by atoms with Gasteiger partial charge in [0.05, 0.1) is 0 Å². The van der Waals surface area contributed by atoms with Gasteiger partial charge in [-0.3, -0.25) is 0 Å². The summed E-state index contributed by atoms with van der Waals surface area (Å²) in [5, 5.41) is 9.03. The van der Waals surface area contributed by atoms with Gasteiger partial charge in [-0.2, -0.15) is 0 Å². The number of allylic oxidation sites excluding steroid dienone is 1. The van der Waals surface area contributed by atoms with E-state index in [0.29, 0.717) is 11.8 Å². The minimum absolute atomic E-state index is 0.260. The van der Waals surface area contributed by atoms with E-state index < -0.39 is 0 Å². The molecule has 1 nitrogen and oxygen atoms in total. The molecule has 0 aromatic heterocycles. The smallest absolute Gasteiger partial charge is 0.115 e. The third-order valence-electron chi connectivity index (χ3n) is 1.61. The number of phenolic OH excluding ortho intramolecular Hbond substituents is 1. The molecule has 1 aromatic rings. The van der Waals surface area contributed by atoms with Gasteiger partial charge in [-0.05, 0) is 23.3 Å². The van der Waals surface area contributed by atoms with Gasteiger partial charge in [-0.25, -0.2) is 0 Å². The predicted molar refractivity (Wildman–Crippen MR) is 57.5 cm³/mol. The molecule has 1 rings (SSSR count). The van der Waals surface area contributed by atoms with Gasteiger partial charge < -0.3 is 5.11 Å². The molecule has 0 radical (unpaired) electrons. The minimum atomic E-state index is 0.260. The molecular formula is C10H10Cl2O. The zero-order valence-corrected chi connectivity index (χ0v) is 8.52. The lowest BCUT2D eigenvalue weighted by Crippen LogP contribution is -1.85. The molecule has 13 heavy (non-hydrogen) atoms. The van der Waals surface area contributed by atoms with E-state index in [1.807, 2.05) is 18.2 Å². The maximum atomic E-state index is 9.03. The first kappa shape index (κ1) is 10.4. The number of halogens is 2. The van der Waals surface area contributed by atoms with Crippen LogP contribution in [-0.2, 0) is 0 Å². The Hall–Kier alpha value is -0.660. The van der Waals surface area contributed by atoms with E-state index in [2.05, 4.69) is 0 Å². The van der Waals surface area contributed by atoms with E-state index in [4.69, 9.17) is 28.3 Å². The van der Waals surface area contributed by atoms with Crippen LogP contribution in [0.25, 0.3) is 6.08 Å². The van der Waals surface area contributed by atoms with Gasteiger partial charge in [0.2, 0.25) is 0 Å². The fraction of sp³-hybridized carbons (Fsp3) is 0.200. The van der Waals surface area contributed by atoms with Gasteiger partial charge in [0.25, 0.3) is 0 Å². The molecule has 0 bridgehead atoms. The van der Waals surface area contributed by atoms with Crippen molar-refractivity contribution >= 4 is 29.3 Å². The summed E-state index contributed by atoms with van der Waals surface area (Å²) in [7, 11) is 0. The molecule has 1 aromatic carbocycles. The van der Waals surface area contributed by atoms with Crippen LogP contribution in [0, 0.1) is 0 Å². The Kier molecular flexibility index (Phi) is 4.13. The van der Waals surface area contributed by atoms with Crippen LogP contribution in [-0.4, -0.2) is 16.9 Å². The van der Waals surface area contributed by atoms with Gasteiger partial charge in [-0.1, -0.05) is 18.2 Å². The minimum Gasteiger partial charge on any atom is -0.508 e. The summed E-state index contributed by atoms with van der Waals surface area (Å²) in [6.45, 7) is 0. The van der Waals surface area contributed by atoms with E-state index in [0.717, 1.165) is 11.1 Å². The molecule has 0 amide bonds. The third-order valence-corrected chi connectivity index (χ3v) is 2.29. The van der Waals surface area contributed by atoms with Crippen molar-refractivity contribution in [1.29, 1.82) is 0 Å². The Bertz CT molecular complexity index is 284. The van der Waals surface area contributed by atoms with E-state index >= 15 is 0 Å². The van der Waals surface area contributed by atoms with Crippen LogP contribution >= 0.6 is 23.2 Å². The van der Waals surface area contributed by atoms with Crippen molar-refractivity contribution < 1.29 is 5.11 Å². The van der Waals surface area contributed by atoms with E-state index in [1.54, 1.807) is 12.1 Å². The maximum Gasteiger partial charge on any atom is 0.115 e. The van der Waals surface area contributed by atoms with Gasteiger partial charge in [0.15, 0.2) is 0 Å². The van der Waals surface area contributed by atoms with Gasteiger partial charge in [-0.15, -0.1) is 23.2 Å². The fourth-order valence-corrected chi connectivity index (χ4v) is 1.36. The van der Waals surface area contributed by atoms with Crippen LogP contribution < -0.4 is 0 Å². The second-order valence-corrected chi connectivity index (χ2v) is 3.20. The summed E-state index contributed by atoms with van der Waals surface area (Å²) in [6.07, 6.45) is 1.92. The monoisotopic (exact) mass is 216 g/mol. The number of rotatable bonds is 3. The third kappa shape index (κ3) is 3.29. The van der Waals surface area contributed by atoms with Crippen molar-refractivity contribution in [2.24, 2.45) is 0 Å². The lowest BCUT2D eigenvalue weighted by molar-refractivity contribution is 0.475. The largest absolute Gasteiger partial charge is 0.508 e. The molecule has 0 fully saturated rings. The highest BCUT2D eigenvalue weighted by atomic mass is 35.5. The topological polar surface area (TPSA) is 20.2 Å². The molecule has 0 saturated heterocycles. The Labute approximate surface area is 87.6 Å². The molecule has 0 aliphatic heterocycles. The Morgan fingerprint density at radius 3 is 2.15 bits per heavy atom. The second kappa shape index (κ2) is 5.15. The summed E-state index contributed by atoms with van der Waals surface area (Å²) in [6, 6.07) is 6.89. The molecule has 0 aliphatic carbocycles. The Morgan fingerprint density at radius 1 is 1.15 bits per heavy atom. The van der Waals surface area contributed by atoms with Crippen LogP contribution in [0.5, 0.6) is 5.75 Å². The highest BCUT2D eigenvalue weighted by molar-refractivity contribution is 6.23. The number of aromatic hydroxyl groups is 1. The standard InChI is InChI=1S/C10H10Cl2O/c11-6-9(7-12)5-8-1-3-10(13)4-2-8/h1-5,13H,6-7H2. The maximum absolute atomic E-state index is 9.03. The van der Waals surface area contributed by atoms with Crippen LogP contribution in [0.1, 0.15) is 5.56 Å². The number of hydrogen-bond acceptors (Lipinski definition) is 1. The average molecular weight is 217 g/mol. The zero-order valence-electron chi connectivity index (χ0n) is 7.00. The average Bonchev–Trinajstić information content (AvgIpc) is 2.17. The molecule has 0 unspecified atom stereocenters. The van der Waals surface area contributed by atoms with E-state index in [9.17, 15) is 0 Å². The highest BCUT2D eigenvalue weighted by Gasteiger charge is 1.94. The molecule has 0 heterocycles. The summed E-state index contributed by atoms with van der Waals surface area (Å²) < 4.78 is 0. The SMILES string of the molecule is Oc1ccc(C=C(CCl)CCl)cc1. The fourth-order valence-electron chi connectivity index (χ4n) is 0.919. The van der Waals surface area contributed by atoms with Crippen molar-refractivity contribution in [3.05, 3.63) is 35.4 Å². The number of alkyl halides is 2. The number of benzene rings is 1. The first-order chi connectivity index (χ1) is 6.26. The van der Waals surface area contributed by atoms with Crippen LogP contribution in [0.15, 0.2) is 29.8 Å². The first-order valence-corrected chi connectivity index (χ1v) is 4.93. The Morgan fingerprint density at radius 2 is 1.69 bits per heavy atom. The zero-order chi connectivity index (χ0) is 9.68. The van der Waals surface area contributed by atoms with Crippen molar-refractivity contribution in [2.75, 3.05) is 11.8 Å². The van der Waals surface area contributed by atoms with Crippen molar-refractivity contribution in [3.63, 3.8) is 0 Å². The Balaban J connectivity index is 2.84. The van der Waals surface area contributed by atoms with Crippen molar-refractivity contribution in [1.82, 2.24) is 0 Å². The summed E-state index contributed by atoms with van der Waals surface area (Å²) in [5.41, 5.74) is 1.96. The molecular weight excluding hydrogens is 207 g/mol. The molecule has 0 aliphatic rings. The highest BCUT2D eigenvalue weighted by Crippen LogP contribution is 2.13. The van der Waals surface area contributed by atoms with Crippen molar-refractivity contribution in [2.45, 2.75) is 0 Å². The van der Waals surface area contributed by atoms with E-state index in [1.165, 1.54) is 0 Å². The number of phenols is 1. The van der Waals surface area contributed by atoms with Crippen LogP contribution in [0.2, 0.25) is 0 Å². The summed E-state index contributed by atoms with van der Waals surface area (Å²) in [4.78, 5) is 0. The van der Waals surface area contributed by atoms with E-state index in [-0.39, 0.29) is 5.75 Å². The molecule has 70 valence electrons. The summed E-state index contributed by atoms with van der Waals surface area (Å²) >= 11 is 11.3. The molecule has 0 atom stereocenters. The van der Waals surface area contributed by atoms with Gasteiger partial charge in [0.1, 0.15) is 5.75 Å². The quantitative estimate of drug-likeness (QED) is 0.770. The normalized spacial score (nSPS) is 9.69. The summed E-state index contributed by atoms with van der Waals surface area (Å²) in [5.74, 6) is 1.13. The molecule has 1 N–H and O–H groups in total. The van der Waals surface area contributed by atoms with Crippen LogP contribution in [0.4, 0.5) is 0 Å². The van der Waals surface area contributed by atoms with Gasteiger partial charge >= 0.3 is 0 Å². The first-order valence-electron chi connectivity index (χ1n) is 3.86. The van der Waals surface area contributed by atoms with Crippen LogP contribution in [0.3, 0.4) is 0 Å². The second-order valence-electron chi connectivity index (χ2n) is 2.66. The molecule has 3 heteroatoms. The molecule has 0 spiro atoms. The lowest BCUT2D eigenvalue weighted by atomic mass is 10.1. The van der Waals surface area contributed by atoms with Crippen molar-refractivity contribution in [3.8, 4) is 5.75 Å². The predicted octanol–water partition coefficient (Wildman–Crippen LogP) is 3.25. The number of hydrogen-bond donors (Lipinski definition) is 1. The lowest BCUT2D eigenvalue weighted by Gasteiger charge is -1.98. The molecule has 0 saturated carbocycles. The van der Waals surface area contributed by atoms with Gasteiger partial charge in [0, 0.05) is 11.8 Å².